The van der Waals surface area contributed by atoms with E-state index in [1.165, 1.54) is 0 Å². The van der Waals surface area contributed by atoms with Gasteiger partial charge < -0.3 is 10.4 Å². The molecule has 0 heterocycles. The molecule has 1 rings (SSSR count). The van der Waals surface area contributed by atoms with Crippen LogP contribution in [0.3, 0.4) is 0 Å². The molecule has 0 spiro atoms. The zero-order chi connectivity index (χ0) is 14.1. The molecule has 104 valence electrons. The van der Waals surface area contributed by atoms with Gasteiger partial charge >= 0.3 is 5.97 Å². The van der Waals surface area contributed by atoms with Gasteiger partial charge in [-0.2, -0.15) is 11.8 Å². The number of amides is 1. The normalized spacial score (nSPS) is 10.2. The SMILES string of the molecule is CCCCSCC(=O)NCc1ccc(C(=O)O)cc1. The molecule has 0 aromatic heterocycles. The lowest BCUT2D eigenvalue weighted by Crippen LogP contribution is -2.24. The van der Waals surface area contributed by atoms with Crippen molar-refractivity contribution in [2.45, 2.75) is 26.3 Å². The second-order valence-electron chi connectivity index (χ2n) is 4.18. The highest BCUT2D eigenvalue weighted by atomic mass is 32.2. The van der Waals surface area contributed by atoms with E-state index in [1.807, 2.05) is 0 Å². The predicted octanol–water partition coefficient (Wildman–Crippen LogP) is 2.53. The summed E-state index contributed by atoms with van der Waals surface area (Å²) in [6, 6.07) is 6.52. The van der Waals surface area contributed by atoms with Crippen LogP contribution in [0.2, 0.25) is 0 Å². The number of carboxylic acids is 1. The maximum atomic E-state index is 11.5. The fourth-order valence-electron chi connectivity index (χ4n) is 1.43. The Morgan fingerprint density at radius 3 is 2.53 bits per heavy atom. The van der Waals surface area contributed by atoms with Gasteiger partial charge in [-0.1, -0.05) is 25.5 Å². The van der Waals surface area contributed by atoms with Gasteiger partial charge in [0.1, 0.15) is 0 Å². The van der Waals surface area contributed by atoms with Crippen molar-refractivity contribution in [2.24, 2.45) is 0 Å². The summed E-state index contributed by atoms with van der Waals surface area (Å²) in [5, 5.41) is 11.6. The van der Waals surface area contributed by atoms with E-state index in [-0.39, 0.29) is 11.5 Å². The van der Waals surface area contributed by atoms with Gasteiger partial charge in [-0.05, 0) is 29.9 Å². The largest absolute Gasteiger partial charge is 0.478 e. The molecular weight excluding hydrogens is 262 g/mol. The molecule has 0 aliphatic heterocycles. The average molecular weight is 281 g/mol. The van der Waals surface area contributed by atoms with E-state index in [1.54, 1.807) is 36.0 Å². The summed E-state index contributed by atoms with van der Waals surface area (Å²) in [7, 11) is 0. The Morgan fingerprint density at radius 2 is 1.95 bits per heavy atom. The number of aromatic carboxylic acids is 1. The number of hydrogen-bond donors (Lipinski definition) is 2. The van der Waals surface area contributed by atoms with E-state index in [4.69, 9.17) is 5.11 Å². The first-order valence-electron chi connectivity index (χ1n) is 6.30. The molecular formula is C14H19NO3S. The van der Waals surface area contributed by atoms with Crippen LogP contribution in [0.1, 0.15) is 35.7 Å². The van der Waals surface area contributed by atoms with E-state index in [2.05, 4.69) is 12.2 Å². The summed E-state index contributed by atoms with van der Waals surface area (Å²) in [4.78, 5) is 22.2. The van der Waals surface area contributed by atoms with Gasteiger partial charge in [0.25, 0.3) is 0 Å². The molecule has 1 aromatic rings. The molecule has 0 aliphatic rings. The van der Waals surface area contributed by atoms with Crippen molar-refractivity contribution in [3.63, 3.8) is 0 Å². The molecule has 0 unspecified atom stereocenters. The minimum atomic E-state index is -0.942. The first kappa shape index (κ1) is 15.6. The summed E-state index contributed by atoms with van der Waals surface area (Å²) in [6.45, 7) is 2.56. The van der Waals surface area contributed by atoms with Gasteiger partial charge in [0.2, 0.25) is 5.91 Å². The molecule has 1 amide bonds. The van der Waals surface area contributed by atoms with Crippen molar-refractivity contribution in [3.05, 3.63) is 35.4 Å². The molecule has 0 atom stereocenters. The lowest BCUT2D eigenvalue weighted by molar-refractivity contribution is -0.118. The summed E-state index contributed by atoms with van der Waals surface area (Å²) in [5.41, 5.74) is 1.15. The predicted molar refractivity (Wildman–Crippen MR) is 77.5 cm³/mol. The number of carboxylic acid groups (broad SMARTS) is 1. The number of rotatable bonds is 8. The van der Waals surface area contributed by atoms with Crippen LogP contribution in [0.4, 0.5) is 0 Å². The molecule has 4 nitrogen and oxygen atoms in total. The zero-order valence-electron chi connectivity index (χ0n) is 11.0. The summed E-state index contributed by atoms with van der Waals surface area (Å²) in [6.07, 6.45) is 2.28. The lowest BCUT2D eigenvalue weighted by Gasteiger charge is -2.05. The summed E-state index contributed by atoms with van der Waals surface area (Å²) in [5.74, 6) is 0.566. The van der Waals surface area contributed by atoms with Crippen molar-refractivity contribution in [3.8, 4) is 0 Å². The van der Waals surface area contributed by atoms with Gasteiger partial charge in [0, 0.05) is 6.54 Å². The minimum absolute atomic E-state index is 0.0171. The number of unbranched alkanes of at least 4 members (excludes halogenated alkanes) is 1. The third-order valence-electron chi connectivity index (χ3n) is 2.57. The topological polar surface area (TPSA) is 66.4 Å². The third kappa shape index (κ3) is 6.29. The Balaban J connectivity index is 2.28. The Kier molecular flexibility index (Phi) is 7.03. The molecule has 5 heteroatoms. The van der Waals surface area contributed by atoms with Gasteiger partial charge in [-0.15, -0.1) is 0 Å². The molecule has 0 aliphatic carbocycles. The lowest BCUT2D eigenvalue weighted by atomic mass is 10.1. The quantitative estimate of drug-likeness (QED) is 0.719. The number of benzene rings is 1. The van der Waals surface area contributed by atoms with Crippen LogP contribution in [-0.2, 0) is 11.3 Å². The van der Waals surface area contributed by atoms with Crippen LogP contribution in [0.15, 0.2) is 24.3 Å². The van der Waals surface area contributed by atoms with Crippen molar-refractivity contribution in [1.29, 1.82) is 0 Å². The second kappa shape index (κ2) is 8.58. The van der Waals surface area contributed by atoms with Crippen LogP contribution in [0.5, 0.6) is 0 Å². The molecule has 0 bridgehead atoms. The van der Waals surface area contributed by atoms with E-state index in [0.717, 1.165) is 24.2 Å². The molecule has 0 fully saturated rings. The number of carbonyl (C=O) groups is 2. The van der Waals surface area contributed by atoms with Crippen LogP contribution < -0.4 is 5.32 Å². The third-order valence-corrected chi connectivity index (χ3v) is 3.61. The highest BCUT2D eigenvalue weighted by molar-refractivity contribution is 7.99. The fraction of sp³-hybridized carbons (Fsp3) is 0.429. The maximum absolute atomic E-state index is 11.5. The molecule has 1 aromatic carbocycles. The van der Waals surface area contributed by atoms with Crippen molar-refractivity contribution in [2.75, 3.05) is 11.5 Å². The minimum Gasteiger partial charge on any atom is -0.478 e. The van der Waals surface area contributed by atoms with Gasteiger partial charge in [-0.3, -0.25) is 4.79 Å². The Morgan fingerprint density at radius 1 is 1.26 bits per heavy atom. The fourth-order valence-corrected chi connectivity index (χ4v) is 2.35. The summed E-state index contributed by atoms with van der Waals surface area (Å²) >= 11 is 1.64. The van der Waals surface area contributed by atoms with Crippen LogP contribution in [0.25, 0.3) is 0 Å². The van der Waals surface area contributed by atoms with Gasteiger partial charge in [0.15, 0.2) is 0 Å². The highest BCUT2D eigenvalue weighted by Crippen LogP contribution is 2.06. The number of carbonyl (C=O) groups excluding carboxylic acids is 1. The van der Waals surface area contributed by atoms with Crippen LogP contribution in [0, 0.1) is 0 Å². The first-order valence-corrected chi connectivity index (χ1v) is 7.45. The van der Waals surface area contributed by atoms with Crippen molar-refractivity contribution >= 4 is 23.6 Å². The Labute approximate surface area is 117 Å². The van der Waals surface area contributed by atoms with Crippen LogP contribution in [-0.4, -0.2) is 28.5 Å². The van der Waals surface area contributed by atoms with E-state index < -0.39 is 5.97 Å². The molecule has 2 N–H and O–H groups in total. The summed E-state index contributed by atoms with van der Waals surface area (Å²) < 4.78 is 0. The van der Waals surface area contributed by atoms with Gasteiger partial charge in [0.05, 0.1) is 11.3 Å². The smallest absolute Gasteiger partial charge is 0.335 e. The Bertz CT molecular complexity index is 417. The molecule has 19 heavy (non-hydrogen) atoms. The van der Waals surface area contributed by atoms with E-state index >= 15 is 0 Å². The van der Waals surface area contributed by atoms with Gasteiger partial charge in [-0.25, -0.2) is 4.79 Å². The van der Waals surface area contributed by atoms with Crippen molar-refractivity contribution < 1.29 is 14.7 Å². The maximum Gasteiger partial charge on any atom is 0.335 e. The number of thioether (sulfide) groups is 1. The highest BCUT2D eigenvalue weighted by Gasteiger charge is 2.03. The molecule has 0 radical (unpaired) electrons. The van der Waals surface area contributed by atoms with E-state index in [9.17, 15) is 9.59 Å². The van der Waals surface area contributed by atoms with E-state index in [0.29, 0.717) is 12.3 Å². The average Bonchev–Trinajstić information content (AvgIpc) is 2.42. The standard InChI is InChI=1S/C14H19NO3S/c1-2-3-8-19-10-13(16)15-9-11-4-6-12(7-5-11)14(17)18/h4-7H,2-3,8-10H2,1H3,(H,15,16)(H,17,18). The zero-order valence-corrected chi connectivity index (χ0v) is 11.8. The van der Waals surface area contributed by atoms with Crippen molar-refractivity contribution in [1.82, 2.24) is 5.32 Å². The second-order valence-corrected chi connectivity index (χ2v) is 5.29. The number of hydrogen-bond acceptors (Lipinski definition) is 3. The van der Waals surface area contributed by atoms with Crippen LogP contribution >= 0.6 is 11.8 Å². The Hall–Kier alpha value is -1.49. The molecule has 0 saturated heterocycles. The first-order chi connectivity index (χ1) is 9.13. The molecule has 0 saturated carbocycles. The number of nitrogens with one attached hydrogen (secondary N) is 1. The monoisotopic (exact) mass is 281 g/mol.